The minimum Gasteiger partial charge on any atom is -0.306 e. The lowest BCUT2D eigenvalue weighted by atomic mass is 10.1. The molecule has 0 atom stereocenters. The second-order valence-electron chi connectivity index (χ2n) is 6.38. The Morgan fingerprint density at radius 3 is 2.31 bits per heavy atom. The third-order valence-electron chi connectivity index (χ3n) is 4.05. The zero-order valence-electron chi connectivity index (χ0n) is 16.0. The summed E-state index contributed by atoms with van der Waals surface area (Å²) in [5, 5.41) is 5.33. The number of rotatable bonds is 5. The summed E-state index contributed by atoms with van der Waals surface area (Å²) >= 11 is 13.1. The van der Waals surface area contributed by atoms with Crippen molar-refractivity contribution in [1.29, 1.82) is 0 Å². The quantitative estimate of drug-likeness (QED) is 0.385. The van der Waals surface area contributed by atoms with Crippen LogP contribution in [0.15, 0.2) is 65.8 Å². The van der Waals surface area contributed by atoms with E-state index in [1.807, 2.05) is 0 Å². The molecule has 0 aliphatic rings. The van der Waals surface area contributed by atoms with Gasteiger partial charge in [-0.3, -0.25) is 10.1 Å². The molecular formula is C21H14Cl2F3N3O2S. The number of imide groups is 1. The Kier molecular flexibility index (Phi) is 7.65. The molecule has 166 valence electrons. The topological polar surface area (TPSA) is 71.1 Å². The number of urea groups is 1. The van der Waals surface area contributed by atoms with Crippen LogP contribution in [0.1, 0.15) is 21.5 Å². The number of aromatic nitrogens is 1. The van der Waals surface area contributed by atoms with E-state index in [1.165, 1.54) is 36.2 Å². The fraction of sp³-hybridized carbons (Fsp3) is 0.0952. The predicted molar refractivity (Wildman–Crippen MR) is 118 cm³/mol. The van der Waals surface area contributed by atoms with Gasteiger partial charge in [0.15, 0.2) is 0 Å². The van der Waals surface area contributed by atoms with Crippen LogP contribution in [0.5, 0.6) is 0 Å². The second kappa shape index (κ2) is 10.2. The number of nitrogens with one attached hydrogen (secondary N) is 2. The molecule has 0 radical (unpaired) electrons. The lowest BCUT2D eigenvalue weighted by Gasteiger charge is -2.10. The number of halogens is 5. The van der Waals surface area contributed by atoms with Crippen molar-refractivity contribution in [3.63, 3.8) is 0 Å². The van der Waals surface area contributed by atoms with Crippen LogP contribution in [0, 0.1) is 0 Å². The third-order valence-corrected chi connectivity index (χ3v) is 5.70. The molecule has 0 aliphatic heterocycles. The van der Waals surface area contributed by atoms with Crippen LogP contribution in [0.4, 0.5) is 23.7 Å². The van der Waals surface area contributed by atoms with Crippen LogP contribution in [0.25, 0.3) is 0 Å². The van der Waals surface area contributed by atoms with E-state index < -0.39 is 23.7 Å². The summed E-state index contributed by atoms with van der Waals surface area (Å²) in [6.07, 6.45) is -3.04. The molecule has 2 N–H and O–H groups in total. The fourth-order valence-electron chi connectivity index (χ4n) is 2.58. The number of nitrogens with zero attached hydrogens (tertiary/aromatic N) is 1. The highest BCUT2D eigenvalue weighted by atomic mass is 35.5. The number of hydrogen-bond acceptors (Lipinski definition) is 4. The first-order valence-corrected chi connectivity index (χ1v) is 10.7. The van der Waals surface area contributed by atoms with Gasteiger partial charge in [-0.05, 0) is 35.9 Å². The zero-order valence-corrected chi connectivity index (χ0v) is 18.4. The molecule has 1 heterocycles. The molecule has 5 nitrogen and oxygen atoms in total. The van der Waals surface area contributed by atoms with Gasteiger partial charge in [0.25, 0.3) is 5.91 Å². The van der Waals surface area contributed by atoms with Gasteiger partial charge in [0.2, 0.25) is 0 Å². The number of pyridine rings is 1. The van der Waals surface area contributed by atoms with Crippen molar-refractivity contribution in [2.24, 2.45) is 0 Å². The Bertz CT molecular complexity index is 1120. The maximum absolute atomic E-state index is 12.8. The van der Waals surface area contributed by atoms with Gasteiger partial charge in [-0.1, -0.05) is 47.5 Å². The smallest absolute Gasteiger partial charge is 0.306 e. The molecule has 32 heavy (non-hydrogen) atoms. The summed E-state index contributed by atoms with van der Waals surface area (Å²) in [5.41, 5.74) is 0.0844. The van der Waals surface area contributed by atoms with Gasteiger partial charge < -0.3 is 5.32 Å². The van der Waals surface area contributed by atoms with Crippen LogP contribution in [0.3, 0.4) is 0 Å². The molecule has 3 aromatic rings. The molecule has 0 saturated carbocycles. The highest BCUT2D eigenvalue weighted by Crippen LogP contribution is 2.31. The van der Waals surface area contributed by atoms with E-state index >= 15 is 0 Å². The number of anilines is 1. The molecule has 2 aromatic carbocycles. The number of carbonyl (C=O) groups is 2. The number of hydrogen-bond donors (Lipinski definition) is 2. The fourth-order valence-corrected chi connectivity index (χ4v) is 3.93. The van der Waals surface area contributed by atoms with Gasteiger partial charge in [0.1, 0.15) is 0 Å². The molecular weight excluding hydrogens is 486 g/mol. The number of thioether (sulfide) groups is 1. The lowest BCUT2D eigenvalue weighted by molar-refractivity contribution is -0.137. The zero-order chi connectivity index (χ0) is 23.3. The first-order valence-electron chi connectivity index (χ1n) is 8.95. The SMILES string of the molecule is O=C(NC(=O)c1c(Cl)cccc1Cl)Nc1ccc(SCc2cccc(C(F)(F)F)c2)nc1. The molecule has 3 rings (SSSR count). The van der Waals surface area contributed by atoms with E-state index in [9.17, 15) is 22.8 Å². The molecule has 3 amide bonds. The normalized spacial score (nSPS) is 11.2. The average Bonchev–Trinajstić information content (AvgIpc) is 2.72. The number of amides is 3. The monoisotopic (exact) mass is 499 g/mol. The highest BCUT2D eigenvalue weighted by molar-refractivity contribution is 7.98. The Hall–Kier alpha value is -2.75. The highest BCUT2D eigenvalue weighted by Gasteiger charge is 2.30. The van der Waals surface area contributed by atoms with E-state index in [0.29, 0.717) is 16.3 Å². The van der Waals surface area contributed by atoms with E-state index in [-0.39, 0.29) is 21.4 Å². The number of alkyl halides is 3. The van der Waals surface area contributed by atoms with Crippen LogP contribution in [-0.4, -0.2) is 16.9 Å². The first-order chi connectivity index (χ1) is 15.1. The van der Waals surface area contributed by atoms with Crippen molar-refractivity contribution in [3.05, 3.63) is 87.5 Å². The van der Waals surface area contributed by atoms with Crippen LogP contribution in [0.2, 0.25) is 10.0 Å². The van der Waals surface area contributed by atoms with Gasteiger partial charge in [-0.2, -0.15) is 13.2 Å². The standard InChI is InChI=1S/C21H14Cl2F3N3O2S/c22-15-5-2-6-16(23)18(15)19(30)29-20(31)28-14-7-8-17(27-10-14)32-11-12-3-1-4-13(9-12)21(24,25)26/h1-10H,11H2,(H2,28,29,30,31). The first kappa shape index (κ1) is 23.9. The average molecular weight is 500 g/mol. The van der Waals surface area contributed by atoms with E-state index in [2.05, 4.69) is 15.6 Å². The summed E-state index contributed by atoms with van der Waals surface area (Å²) in [6, 6.07) is 11.9. The van der Waals surface area contributed by atoms with E-state index in [1.54, 1.807) is 24.3 Å². The molecule has 0 saturated heterocycles. The van der Waals surface area contributed by atoms with Crippen molar-refractivity contribution in [2.45, 2.75) is 17.0 Å². The van der Waals surface area contributed by atoms with Crippen molar-refractivity contribution in [2.75, 3.05) is 5.32 Å². The number of carbonyl (C=O) groups excluding carboxylic acids is 2. The molecule has 0 bridgehead atoms. The van der Waals surface area contributed by atoms with Crippen molar-refractivity contribution in [3.8, 4) is 0 Å². The van der Waals surface area contributed by atoms with Crippen molar-refractivity contribution in [1.82, 2.24) is 10.3 Å². The van der Waals surface area contributed by atoms with Gasteiger partial charge in [0, 0.05) is 5.75 Å². The lowest BCUT2D eigenvalue weighted by Crippen LogP contribution is -2.34. The molecule has 0 fully saturated rings. The second-order valence-corrected chi connectivity index (χ2v) is 8.19. The van der Waals surface area contributed by atoms with Crippen LogP contribution in [-0.2, 0) is 11.9 Å². The Morgan fingerprint density at radius 1 is 1.00 bits per heavy atom. The number of benzene rings is 2. The van der Waals surface area contributed by atoms with Crippen molar-refractivity contribution < 1.29 is 22.8 Å². The third kappa shape index (κ3) is 6.38. The Labute approximate surface area is 195 Å². The summed E-state index contributed by atoms with van der Waals surface area (Å²) in [4.78, 5) is 28.4. The molecule has 1 aromatic heterocycles. The van der Waals surface area contributed by atoms with Crippen LogP contribution >= 0.6 is 35.0 Å². The summed E-state index contributed by atoms with van der Waals surface area (Å²) in [5.74, 6) is -0.476. The van der Waals surface area contributed by atoms with E-state index in [4.69, 9.17) is 23.2 Å². The molecule has 11 heteroatoms. The minimum absolute atomic E-state index is 0.0227. The Morgan fingerprint density at radius 2 is 1.69 bits per heavy atom. The molecule has 0 aliphatic carbocycles. The maximum atomic E-state index is 12.8. The van der Waals surface area contributed by atoms with Gasteiger partial charge in [-0.15, -0.1) is 11.8 Å². The molecule has 0 unspecified atom stereocenters. The van der Waals surface area contributed by atoms with Gasteiger partial charge in [-0.25, -0.2) is 9.78 Å². The van der Waals surface area contributed by atoms with Crippen molar-refractivity contribution >= 4 is 52.6 Å². The largest absolute Gasteiger partial charge is 0.416 e. The Balaban J connectivity index is 1.55. The summed E-state index contributed by atoms with van der Waals surface area (Å²) in [6.45, 7) is 0. The van der Waals surface area contributed by atoms with Gasteiger partial charge >= 0.3 is 12.2 Å². The van der Waals surface area contributed by atoms with E-state index in [0.717, 1.165) is 12.1 Å². The minimum atomic E-state index is -4.40. The summed E-state index contributed by atoms with van der Waals surface area (Å²) < 4.78 is 38.4. The maximum Gasteiger partial charge on any atom is 0.416 e. The summed E-state index contributed by atoms with van der Waals surface area (Å²) in [7, 11) is 0. The molecule has 0 spiro atoms. The van der Waals surface area contributed by atoms with Gasteiger partial charge in [0.05, 0.1) is 38.1 Å². The predicted octanol–water partition coefficient (Wildman–Crippen LogP) is 6.66. The van der Waals surface area contributed by atoms with Crippen LogP contribution < -0.4 is 10.6 Å².